The molecular weight excluding hydrogens is 1250 g/mol. The van der Waals surface area contributed by atoms with E-state index in [1.165, 1.54) is 70.3 Å². The van der Waals surface area contributed by atoms with Gasteiger partial charge in [0, 0.05) is 81.1 Å². The van der Waals surface area contributed by atoms with Crippen LogP contribution >= 0.6 is 0 Å². The third-order valence-electron chi connectivity index (χ3n) is 19.4. The van der Waals surface area contributed by atoms with Gasteiger partial charge in [0.1, 0.15) is 12.1 Å². The van der Waals surface area contributed by atoms with Gasteiger partial charge < -0.3 is 63.7 Å². The van der Waals surface area contributed by atoms with Crippen LogP contribution < -0.4 is 43.4 Å². The van der Waals surface area contributed by atoms with Crippen LogP contribution in [-0.4, -0.2) is 159 Å². The number of nitrogens with zero attached hydrogens (tertiary/aromatic N) is 1. The van der Waals surface area contributed by atoms with Crippen molar-refractivity contribution in [3.63, 3.8) is 0 Å². The zero-order chi connectivity index (χ0) is 73.5. The molecule has 562 valence electrons. The fourth-order valence-corrected chi connectivity index (χ4v) is 12.4. The first-order valence-electron chi connectivity index (χ1n) is 37.5. The number of aliphatic hydroxyl groups is 3. The lowest BCUT2D eigenvalue weighted by molar-refractivity contribution is -0.138. The number of unbranched alkanes of at least 4 members (excludes halogenated alkanes) is 14. The third kappa shape index (κ3) is 36.0. The molecule has 24 heteroatoms. The minimum atomic E-state index is -1.56. The predicted molar refractivity (Wildman–Crippen MR) is 381 cm³/mol. The van der Waals surface area contributed by atoms with Gasteiger partial charge in [-0.2, -0.15) is 0 Å². The fraction of sp³-hybridized carbons (Fsp3) is 0.811. The minimum Gasteiger partial charge on any atom is -0.396 e. The van der Waals surface area contributed by atoms with E-state index >= 15 is 0 Å². The van der Waals surface area contributed by atoms with Crippen LogP contribution in [0.2, 0.25) is 0 Å². The zero-order valence-corrected chi connectivity index (χ0v) is 61.6. The predicted octanol–water partition coefficient (Wildman–Crippen LogP) is 7.29. The Labute approximate surface area is 586 Å². The lowest BCUT2D eigenvalue weighted by Gasteiger charge is -2.30. The molecule has 1 heterocycles. The lowest BCUT2D eigenvalue weighted by atomic mass is 9.82. The lowest BCUT2D eigenvalue weighted by Crippen LogP contribution is -2.51. The van der Waals surface area contributed by atoms with Crippen molar-refractivity contribution in [3.8, 4) is 0 Å². The Morgan fingerprint density at radius 3 is 1.38 bits per heavy atom. The van der Waals surface area contributed by atoms with Crippen molar-refractivity contribution in [2.45, 2.75) is 292 Å². The van der Waals surface area contributed by atoms with E-state index in [2.05, 4.69) is 48.8 Å². The standard InChI is InChI=1S/C74H132N10O14/c1-11-16-17-18-19-20-21-22-23-24-25-26-27-34-67(93)83-68(51(9)13-3)66(92)43-58(50(8)12-2)74(98)84-69(52(10)14-4)65(91)42-56(45-85)73(97)80-59(33-29-31-36-76)62(88)40-54(37-49(6)7)71(95)81-61(47-87)64(90)41-55(38-57-44-77-48-79-57)72(96)82-60(46-86)63(89)39-53(32-28-30-35-75)70(94)78-15-5/h44,48-56,58-61,68-69,85-87H,11-43,45-47,75-76H2,1-10H3,(H,77,79)(H,78,94)(H,80,97)(H,81,95)(H,82,96)(H,83,93)(H,84,98)/t50-,51-,52-,53+,54+,55+,56-,58-,59-,60-,61-,68-,69-/m0/s1. The molecule has 0 saturated carbocycles. The molecule has 1 rings (SSSR count). The van der Waals surface area contributed by atoms with Crippen molar-refractivity contribution in [2.24, 2.45) is 64.7 Å². The summed E-state index contributed by atoms with van der Waals surface area (Å²) in [6, 6.07) is -6.15. The van der Waals surface area contributed by atoms with Crippen molar-refractivity contribution in [2.75, 3.05) is 39.5 Å². The Morgan fingerprint density at radius 1 is 0.449 bits per heavy atom. The number of aromatic amines is 1. The first kappa shape index (κ1) is 90.2. The summed E-state index contributed by atoms with van der Waals surface area (Å²) in [5.74, 6) is -12.6. The largest absolute Gasteiger partial charge is 0.396 e. The number of aliphatic hydroxyl groups excluding tert-OH is 3. The van der Waals surface area contributed by atoms with Crippen LogP contribution in [0.5, 0.6) is 0 Å². The fourth-order valence-electron chi connectivity index (χ4n) is 12.4. The molecule has 6 amide bonds. The highest BCUT2D eigenvalue weighted by atomic mass is 16.3. The number of carbonyl (C=O) groups is 11. The van der Waals surface area contributed by atoms with E-state index in [0.29, 0.717) is 83.0 Å². The van der Waals surface area contributed by atoms with E-state index in [4.69, 9.17) is 11.5 Å². The Kier molecular flexibility index (Phi) is 48.9. The number of hydrogen-bond acceptors (Lipinski definition) is 17. The summed E-state index contributed by atoms with van der Waals surface area (Å²) < 4.78 is 0. The quantitative estimate of drug-likeness (QED) is 0.0285. The number of rotatable bonds is 61. The van der Waals surface area contributed by atoms with Crippen molar-refractivity contribution >= 4 is 64.4 Å². The van der Waals surface area contributed by atoms with Crippen LogP contribution in [0.3, 0.4) is 0 Å². The third-order valence-corrected chi connectivity index (χ3v) is 19.4. The zero-order valence-electron chi connectivity index (χ0n) is 61.6. The van der Waals surface area contributed by atoms with Gasteiger partial charge in [-0.25, -0.2) is 4.98 Å². The Bertz CT molecular complexity index is 2480. The molecule has 0 bridgehead atoms. The number of H-pyrrole nitrogens is 1. The Hall–Kier alpha value is -5.82. The first-order chi connectivity index (χ1) is 46.8. The minimum absolute atomic E-state index is 0.0794. The van der Waals surface area contributed by atoms with Gasteiger partial charge in [-0.05, 0) is 88.6 Å². The summed E-state index contributed by atoms with van der Waals surface area (Å²) in [6.07, 6.45) is 20.5. The van der Waals surface area contributed by atoms with Crippen LogP contribution in [-0.2, 0) is 59.2 Å². The molecule has 0 aliphatic rings. The summed E-state index contributed by atoms with van der Waals surface area (Å²) in [5.41, 5.74) is 11.9. The average molecular weight is 1390 g/mol. The van der Waals surface area contributed by atoms with Gasteiger partial charge >= 0.3 is 0 Å². The summed E-state index contributed by atoms with van der Waals surface area (Å²) in [5, 5.41) is 48.2. The number of ketones is 5. The molecule has 0 aliphatic carbocycles. The molecule has 0 unspecified atom stereocenters. The molecule has 0 aromatic carbocycles. The second-order valence-electron chi connectivity index (χ2n) is 28.0. The molecular formula is C74H132N10O14. The number of carbonyl (C=O) groups excluding carboxylic acids is 11. The van der Waals surface area contributed by atoms with Crippen LogP contribution in [0.4, 0.5) is 0 Å². The van der Waals surface area contributed by atoms with E-state index in [1.54, 1.807) is 13.8 Å². The van der Waals surface area contributed by atoms with Crippen molar-refractivity contribution in [1.82, 2.24) is 41.9 Å². The van der Waals surface area contributed by atoms with Gasteiger partial charge in [0.15, 0.2) is 28.9 Å². The van der Waals surface area contributed by atoms with Gasteiger partial charge in [-0.1, -0.05) is 165 Å². The van der Waals surface area contributed by atoms with E-state index in [0.717, 1.165) is 19.3 Å². The molecule has 14 N–H and O–H groups in total. The Morgan fingerprint density at radius 2 is 0.898 bits per heavy atom. The number of imidazole rings is 1. The highest BCUT2D eigenvalue weighted by Crippen LogP contribution is 2.27. The average Bonchev–Trinajstić information content (AvgIpc) is 1.07. The maximum Gasteiger partial charge on any atom is 0.226 e. The smallest absolute Gasteiger partial charge is 0.226 e. The van der Waals surface area contributed by atoms with E-state index in [1.807, 2.05) is 48.5 Å². The highest BCUT2D eigenvalue weighted by molar-refractivity contribution is 5.99. The number of nitrogens with two attached hydrogens (primary N) is 2. The molecule has 0 saturated heterocycles. The van der Waals surface area contributed by atoms with E-state index < -0.39 is 152 Å². The maximum atomic E-state index is 14.5. The summed E-state index contributed by atoms with van der Waals surface area (Å²) in [4.78, 5) is 161. The maximum absolute atomic E-state index is 14.5. The normalized spacial score (nSPS) is 15.6. The summed E-state index contributed by atoms with van der Waals surface area (Å²) in [7, 11) is 0. The number of nitrogens with one attached hydrogen (secondary N) is 7. The second-order valence-corrected chi connectivity index (χ2v) is 28.0. The molecule has 0 fully saturated rings. The van der Waals surface area contributed by atoms with Gasteiger partial charge in [-0.15, -0.1) is 0 Å². The summed E-state index contributed by atoms with van der Waals surface area (Å²) >= 11 is 0. The van der Waals surface area contributed by atoms with Crippen molar-refractivity contribution in [3.05, 3.63) is 18.2 Å². The number of hydrogen-bond donors (Lipinski definition) is 12. The molecule has 1 aromatic rings. The monoisotopic (exact) mass is 1380 g/mol. The molecule has 13 atom stereocenters. The van der Waals surface area contributed by atoms with Gasteiger partial charge in [0.25, 0.3) is 0 Å². The highest BCUT2D eigenvalue weighted by Gasteiger charge is 2.39. The second kappa shape index (κ2) is 53.1. The molecule has 24 nitrogen and oxygen atoms in total. The Balaban J connectivity index is 3.31. The van der Waals surface area contributed by atoms with E-state index in [9.17, 15) is 68.1 Å². The number of aromatic nitrogens is 2. The van der Waals surface area contributed by atoms with Crippen LogP contribution in [0, 0.1) is 53.3 Å². The molecule has 1 aromatic heterocycles. The molecule has 98 heavy (non-hydrogen) atoms. The number of amides is 6. The summed E-state index contributed by atoms with van der Waals surface area (Å²) in [6.45, 7) is 17.3. The van der Waals surface area contributed by atoms with Crippen LogP contribution in [0.25, 0.3) is 0 Å². The van der Waals surface area contributed by atoms with Crippen LogP contribution in [0.1, 0.15) is 261 Å². The van der Waals surface area contributed by atoms with Crippen LogP contribution in [0.15, 0.2) is 12.5 Å². The van der Waals surface area contributed by atoms with Gasteiger partial charge in [0.05, 0.1) is 56.1 Å². The SMILES string of the molecule is CCCCCCCCCCCCCCCC(=O)N[C@H](C(=O)C[C@H](C(=O)N[C@H](C(=O)C[C@@H](CO)C(=O)N[C@@H](CCCCN)C(=O)C[C@@H](CC(C)C)C(=O)N[C@@H](CO)C(=O)C[C@@H](Cc1cnc[nH]1)C(=O)N[C@@H](CO)C(=O)C[C@@H](CCCCN)C(=O)NCC)[C@@H](C)CC)[C@@H](C)CC)[C@@H](C)CC. The van der Waals surface area contributed by atoms with Gasteiger partial charge in [-0.3, -0.25) is 52.7 Å². The first-order valence-corrected chi connectivity index (χ1v) is 37.5. The topological polar surface area (TPSA) is 401 Å². The molecule has 0 aliphatic heterocycles. The van der Waals surface area contributed by atoms with Crippen molar-refractivity contribution in [1.29, 1.82) is 0 Å². The van der Waals surface area contributed by atoms with Crippen molar-refractivity contribution < 1.29 is 68.1 Å². The van der Waals surface area contributed by atoms with E-state index in [-0.39, 0.29) is 74.0 Å². The van der Waals surface area contributed by atoms with Gasteiger partial charge in [0.2, 0.25) is 35.4 Å². The number of Topliss-reactive ketones (excluding diaryl/α,β-unsaturated/α-hetero) is 5. The molecule has 0 spiro atoms. The molecule has 0 radical (unpaired) electrons.